The van der Waals surface area contributed by atoms with Crippen molar-refractivity contribution in [2.24, 2.45) is 7.05 Å². The number of pyridine rings is 1. The molecule has 5 rings (SSSR count). The Morgan fingerprint density at radius 3 is 2.60 bits per heavy atom. The Balaban J connectivity index is 1.36. The normalized spacial score (nSPS) is 10.9. The number of aromatic nitrogens is 4. The lowest BCUT2D eigenvalue weighted by atomic mass is 10.2. The second-order valence-corrected chi connectivity index (χ2v) is 7.93. The van der Waals surface area contributed by atoms with Crippen LogP contribution in [0.25, 0.3) is 16.7 Å². The molecule has 2 aromatic carbocycles. The molecule has 0 atom stereocenters. The number of hydrogen-bond acceptors (Lipinski definition) is 5. The summed E-state index contributed by atoms with van der Waals surface area (Å²) in [4.78, 5) is 29.6. The third-order valence-corrected chi connectivity index (χ3v) is 5.49. The van der Waals surface area contributed by atoms with Gasteiger partial charge in [0, 0.05) is 31.2 Å². The summed E-state index contributed by atoms with van der Waals surface area (Å²) >= 11 is 0. The fourth-order valence-electron chi connectivity index (χ4n) is 3.72. The molecule has 0 unspecified atom stereocenters. The average Bonchev–Trinajstić information content (AvgIpc) is 3.23. The third-order valence-electron chi connectivity index (χ3n) is 5.49. The highest BCUT2D eigenvalue weighted by Gasteiger charge is 2.17. The van der Waals surface area contributed by atoms with Crippen LogP contribution < -0.4 is 15.6 Å². The predicted molar refractivity (Wildman–Crippen MR) is 130 cm³/mol. The number of aryl methyl sites for hydroxylation is 2. The van der Waals surface area contributed by atoms with Crippen molar-refractivity contribution >= 4 is 22.6 Å². The molecule has 0 saturated carbocycles. The van der Waals surface area contributed by atoms with Crippen molar-refractivity contribution in [3.63, 3.8) is 0 Å². The molecule has 0 aliphatic carbocycles. The quantitative estimate of drug-likeness (QED) is 0.406. The number of ether oxygens (including phenoxy) is 1. The number of nitrogens with zero attached hydrogens (tertiary/aromatic N) is 4. The van der Waals surface area contributed by atoms with E-state index >= 15 is 0 Å². The molecular weight excluding hydrogens is 449 g/mol. The zero-order valence-corrected chi connectivity index (χ0v) is 18.9. The summed E-state index contributed by atoms with van der Waals surface area (Å²) in [5, 5.41) is 7.77. The number of amides is 1. The van der Waals surface area contributed by atoms with E-state index in [-0.39, 0.29) is 11.4 Å². The maximum Gasteiger partial charge on any atom is 0.276 e. The fraction of sp³-hybridized carbons (Fsp3) is 0.0769. The smallest absolute Gasteiger partial charge is 0.276 e. The van der Waals surface area contributed by atoms with Gasteiger partial charge in [0.15, 0.2) is 5.69 Å². The van der Waals surface area contributed by atoms with E-state index in [1.807, 2.05) is 23.9 Å². The molecule has 5 aromatic rings. The van der Waals surface area contributed by atoms with E-state index in [9.17, 15) is 14.0 Å². The SMILES string of the molecule is Cc1cc(=O)n(-c2ccccc2F)nc1C(=O)Nc1ccc(Oc2ccnc3c2ccn3C)cc1. The van der Waals surface area contributed by atoms with Crippen molar-refractivity contribution in [1.82, 2.24) is 19.3 Å². The first-order valence-electron chi connectivity index (χ1n) is 10.8. The van der Waals surface area contributed by atoms with Gasteiger partial charge >= 0.3 is 0 Å². The third kappa shape index (κ3) is 4.26. The Labute approximate surface area is 199 Å². The minimum Gasteiger partial charge on any atom is -0.457 e. The monoisotopic (exact) mass is 469 g/mol. The largest absolute Gasteiger partial charge is 0.457 e. The van der Waals surface area contributed by atoms with Crippen molar-refractivity contribution in [3.8, 4) is 17.2 Å². The zero-order chi connectivity index (χ0) is 24.5. The molecule has 0 saturated heterocycles. The lowest BCUT2D eigenvalue weighted by Crippen LogP contribution is -2.27. The number of rotatable bonds is 5. The van der Waals surface area contributed by atoms with Crippen LogP contribution in [0.3, 0.4) is 0 Å². The molecule has 35 heavy (non-hydrogen) atoms. The van der Waals surface area contributed by atoms with Crippen LogP contribution in [0, 0.1) is 12.7 Å². The number of nitrogens with one attached hydrogen (secondary N) is 1. The van der Waals surface area contributed by atoms with E-state index in [0.717, 1.165) is 15.7 Å². The van der Waals surface area contributed by atoms with Crippen LogP contribution in [-0.4, -0.2) is 25.2 Å². The Morgan fingerprint density at radius 1 is 1.06 bits per heavy atom. The van der Waals surface area contributed by atoms with E-state index in [1.165, 1.54) is 24.3 Å². The maximum atomic E-state index is 14.2. The molecule has 0 aliphatic rings. The standard InChI is InChI=1S/C26H20FN5O3/c1-16-15-23(33)32(21-6-4-3-5-20(21)27)30-24(16)26(34)29-17-7-9-18(10-8-17)35-22-11-13-28-25-19(22)12-14-31(25)2/h3-15H,1-2H3,(H,29,34). The summed E-state index contributed by atoms with van der Waals surface area (Å²) in [6.45, 7) is 1.60. The van der Waals surface area contributed by atoms with E-state index in [1.54, 1.807) is 49.5 Å². The van der Waals surface area contributed by atoms with Crippen LogP contribution >= 0.6 is 0 Å². The van der Waals surface area contributed by atoms with Crippen LogP contribution in [0.15, 0.2) is 83.9 Å². The molecule has 174 valence electrons. The van der Waals surface area contributed by atoms with Gasteiger partial charge < -0.3 is 14.6 Å². The van der Waals surface area contributed by atoms with Gasteiger partial charge in [0.05, 0.1) is 5.39 Å². The number of anilines is 1. The van der Waals surface area contributed by atoms with Gasteiger partial charge in [0.2, 0.25) is 0 Å². The lowest BCUT2D eigenvalue weighted by molar-refractivity contribution is 0.102. The Hall–Kier alpha value is -4.79. The van der Waals surface area contributed by atoms with Gasteiger partial charge in [-0.05, 0) is 61.0 Å². The summed E-state index contributed by atoms with van der Waals surface area (Å²) < 4.78 is 23.0. The summed E-state index contributed by atoms with van der Waals surface area (Å²) in [7, 11) is 1.91. The molecule has 0 fully saturated rings. The Kier molecular flexibility index (Phi) is 5.58. The molecule has 3 aromatic heterocycles. The number of benzene rings is 2. The van der Waals surface area contributed by atoms with Gasteiger partial charge in [-0.2, -0.15) is 9.78 Å². The molecule has 0 bridgehead atoms. The van der Waals surface area contributed by atoms with Crippen LogP contribution in [-0.2, 0) is 7.05 Å². The number of fused-ring (bicyclic) bond motifs is 1. The van der Waals surface area contributed by atoms with Crippen molar-refractivity contribution in [1.29, 1.82) is 0 Å². The van der Waals surface area contributed by atoms with Gasteiger partial charge in [-0.15, -0.1) is 0 Å². The van der Waals surface area contributed by atoms with Gasteiger partial charge in [-0.1, -0.05) is 12.1 Å². The van der Waals surface area contributed by atoms with Gasteiger partial charge in [0.1, 0.15) is 28.7 Å². The van der Waals surface area contributed by atoms with E-state index in [2.05, 4.69) is 15.4 Å². The van der Waals surface area contributed by atoms with Crippen LogP contribution in [0.2, 0.25) is 0 Å². The van der Waals surface area contributed by atoms with Crippen molar-refractivity contribution in [2.45, 2.75) is 6.92 Å². The lowest BCUT2D eigenvalue weighted by Gasteiger charge is -2.11. The summed E-state index contributed by atoms with van der Waals surface area (Å²) in [5.74, 6) is 0.112. The number of hydrogen-bond donors (Lipinski definition) is 1. The van der Waals surface area contributed by atoms with Gasteiger partial charge in [-0.25, -0.2) is 9.37 Å². The van der Waals surface area contributed by atoms with Crippen molar-refractivity contribution < 1.29 is 13.9 Å². The van der Waals surface area contributed by atoms with E-state index in [0.29, 0.717) is 22.7 Å². The van der Waals surface area contributed by atoms with E-state index in [4.69, 9.17) is 4.74 Å². The predicted octanol–water partition coefficient (Wildman–Crippen LogP) is 4.61. The first kappa shape index (κ1) is 22.0. The minimum absolute atomic E-state index is 0.0106. The first-order chi connectivity index (χ1) is 16.9. The minimum atomic E-state index is -0.616. The molecule has 0 spiro atoms. The number of para-hydroxylation sites is 1. The number of carbonyl (C=O) groups excluding carboxylic acids is 1. The summed E-state index contributed by atoms with van der Waals surface area (Å²) in [5.41, 5.74) is 1.14. The maximum absolute atomic E-state index is 14.2. The Bertz CT molecular complexity index is 1620. The fourth-order valence-corrected chi connectivity index (χ4v) is 3.72. The first-order valence-corrected chi connectivity index (χ1v) is 10.8. The highest BCUT2D eigenvalue weighted by atomic mass is 19.1. The highest BCUT2D eigenvalue weighted by Crippen LogP contribution is 2.29. The van der Waals surface area contributed by atoms with Crippen LogP contribution in [0.5, 0.6) is 11.5 Å². The number of halogens is 1. The van der Waals surface area contributed by atoms with Crippen molar-refractivity contribution in [2.75, 3.05) is 5.32 Å². The molecule has 0 radical (unpaired) electrons. The topological polar surface area (TPSA) is 91.0 Å². The molecule has 8 nitrogen and oxygen atoms in total. The zero-order valence-electron chi connectivity index (χ0n) is 18.9. The number of carbonyl (C=O) groups is 1. The highest BCUT2D eigenvalue weighted by molar-refractivity contribution is 6.03. The average molecular weight is 469 g/mol. The second-order valence-electron chi connectivity index (χ2n) is 7.93. The molecule has 1 amide bonds. The Morgan fingerprint density at radius 2 is 1.83 bits per heavy atom. The van der Waals surface area contributed by atoms with Crippen molar-refractivity contribution in [3.05, 3.63) is 107 Å². The molecular formula is C26H20FN5O3. The molecule has 1 N–H and O–H groups in total. The van der Waals surface area contributed by atoms with Crippen LogP contribution in [0.1, 0.15) is 16.1 Å². The summed E-state index contributed by atoms with van der Waals surface area (Å²) in [6.07, 6.45) is 3.59. The van der Waals surface area contributed by atoms with E-state index < -0.39 is 17.3 Å². The van der Waals surface area contributed by atoms with Gasteiger partial charge in [-0.3, -0.25) is 9.59 Å². The summed E-state index contributed by atoms with van der Waals surface area (Å²) in [6, 6.07) is 17.6. The molecule has 9 heteroatoms. The second kappa shape index (κ2) is 8.86. The van der Waals surface area contributed by atoms with Gasteiger partial charge in [0.25, 0.3) is 11.5 Å². The van der Waals surface area contributed by atoms with Crippen LogP contribution in [0.4, 0.5) is 10.1 Å². The molecule has 3 heterocycles. The molecule has 0 aliphatic heterocycles.